The van der Waals surface area contributed by atoms with Crippen molar-refractivity contribution in [1.82, 2.24) is 15.0 Å². The van der Waals surface area contributed by atoms with E-state index in [1.54, 1.807) is 24.3 Å². The van der Waals surface area contributed by atoms with Gasteiger partial charge in [0, 0.05) is 0 Å². The Labute approximate surface area is 124 Å². The summed E-state index contributed by atoms with van der Waals surface area (Å²) >= 11 is 0.949. The lowest BCUT2D eigenvalue weighted by Crippen LogP contribution is -2.39. The van der Waals surface area contributed by atoms with Gasteiger partial charge in [-0.15, -0.1) is 11.3 Å². The molecule has 0 radical (unpaired) electrons. The monoisotopic (exact) mass is 329 g/mol. The zero-order valence-corrected chi connectivity index (χ0v) is 12.5. The van der Waals surface area contributed by atoms with Gasteiger partial charge in [0.1, 0.15) is 6.54 Å². The number of methoxy groups -OCH3 is 1. The van der Waals surface area contributed by atoms with Gasteiger partial charge in [0.2, 0.25) is 4.34 Å². The van der Waals surface area contributed by atoms with Crippen LogP contribution in [0, 0.1) is 0 Å². The Morgan fingerprint density at radius 1 is 1.33 bits per heavy atom. The smallest absolute Gasteiger partial charge is 0.407 e. The third-order valence-electron chi connectivity index (χ3n) is 2.33. The van der Waals surface area contributed by atoms with Crippen molar-refractivity contribution < 1.29 is 22.7 Å². The molecule has 112 valence electrons. The van der Waals surface area contributed by atoms with Gasteiger partial charge in [0.15, 0.2) is 0 Å². The van der Waals surface area contributed by atoms with Gasteiger partial charge in [0.25, 0.3) is 15.9 Å². The van der Waals surface area contributed by atoms with Crippen molar-refractivity contribution in [2.75, 3.05) is 13.7 Å². The van der Waals surface area contributed by atoms with Crippen LogP contribution in [-0.2, 0) is 19.6 Å². The number of nitrogens with zero attached hydrogens (tertiary/aromatic N) is 1. The number of thiazole rings is 1. The maximum absolute atomic E-state index is 12.0. The molecule has 0 saturated carbocycles. The fourth-order valence-electron chi connectivity index (χ4n) is 1.42. The number of nitrogens with one attached hydrogen (secondary N) is 2. The first-order chi connectivity index (χ1) is 9.92. The molecule has 2 amide bonds. The quantitative estimate of drug-likeness (QED) is 0.842. The van der Waals surface area contributed by atoms with Crippen LogP contribution < -0.4 is 10.0 Å². The van der Waals surface area contributed by atoms with E-state index < -0.39 is 28.6 Å². The molecule has 8 nitrogen and oxygen atoms in total. The van der Waals surface area contributed by atoms with Gasteiger partial charge in [-0.1, -0.05) is 12.1 Å². The Morgan fingerprint density at radius 3 is 2.71 bits per heavy atom. The molecule has 1 heterocycles. The van der Waals surface area contributed by atoms with Crippen molar-refractivity contribution in [2.45, 2.75) is 4.34 Å². The predicted octanol–water partition coefficient (Wildman–Crippen LogP) is 0.457. The SMILES string of the molecule is COC(=O)NCC(=O)NS(=O)(=O)c1nc2ccccc2s1. The van der Waals surface area contributed by atoms with Crippen LogP contribution in [-0.4, -0.2) is 39.1 Å². The molecule has 0 atom stereocenters. The van der Waals surface area contributed by atoms with Crippen LogP contribution in [0.15, 0.2) is 28.6 Å². The summed E-state index contributed by atoms with van der Waals surface area (Å²) in [5.74, 6) is -0.889. The van der Waals surface area contributed by atoms with E-state index in [0.717, 1.165) is 18.4 Å². The molecule has 0 aliphatic heterocycles. The molecule has 0 fully saturated rings. The van der Waals surface area contributed by atoms with E-state index in [9.17, 15) is 18.0 Å². The average Bonchev–Trinajstić information content (AvgIpc) is 2.89. The number of ether oxygens (including phenoxy) is 1. The predicted molar refractivity (Wildman–Crippen MR) is 75.4 cm³/mol. The van der Waals surface area contributed by atoms with Crippen LogP contribution in [0.2, 0.25) is 0 Å². The summed E-state index contributed by atoms with van der Waals surface area (Å²) in [4.78, 5) is 26.2. The number of benzene rings is 1. The maximum Gasteiger partial charge on any atom is 0.407 e. The average molecular weight is 329 g/mol. The fourth-order valence-corrected chi connectivity index (χ4v) is 3.63. The summed E-state index contributed by atoms with van der Waals surface area (Å²) in [5.41, 5.74) is 0.531. The third-order valence-corrected chi connectivity index (χ3v) is 5.12. The van der Waals surface area contributed by atoms with E-state index in [4.69, 9.17) is 0 Å². The number of hydrogen-bond donors (Lipinski definition) is 2. The van der Waals surface area contributed by atoms with Gasteiger partial charge in [-0.3, -0.25) is 4.79 Å². The number of hydrogen-bond acceptors (Lipinski definition) is 7. The molecular formula is C11H11N3O5S2. The van der Waals surface area contributed by atoms with Gasteiger partial charge >= 0.3 is 6.09 Å². The van der Waals surface area contributed by atoms with E-state index in [1.807, 2.05) is 4.72 Å². The van der Waals surface area contributed by atoms with E-state index in [-0.39, 0.29) is 4.34 Å². The summed E-state index contributed by atoms with van der Waals surface area (Å²) in [6.45, 7) is -0.517. The molecule has 0 aliphatic rings. The van der Waals surface area contributed by atoms with Crippen molar-refractivity contribution in [3.63, 3.8) is 0 Å². The first-order valence-electron chi connectivity index (χ1n) is 5.65. The lowest BCUT2D eigenvalue weighted by Gasteiger charge is -2.05. The molecule has 2 aromatic rings. The zero-order valence-electron chi connectivity index (χ0n) is 10.8. The highest BCUT2D eigenvalue weighted by Gasteiger charge is 2.22. The molecule has 0 unspecified atom stereocenters. The summed E-state index contributed by atoms with van der Waals surface area (Å²) in [6.07, 6.45) is -0.831. The molecule has 0 bridgehead atoms. The topological polar surface area (TPSA) is 114 Å². The van der Waals surface area contributed by atoms with Crippen LogP contribution >= 0.6 is 11.3 Å². The minimum absolute atomic E-state index is 0.213. The number of para-hydroxylation sites is 1. The van der Waals surface area contributed by atoms with Gasteiger partial charge in [-0.25, -0.2) is 14.5 Å². The van der Waals surface area contributed by atoms with Crippen LogP contribution in [0.25, 0.3) is 10.2 Å². The standard InChI is InChI=1S/C11H11N3O5S2/c1-19-10(16)12-6-9(15)14-21(17,18)11-13-7-4-2-3-5-8(7)20-11/h2-5H,6H2,1H3,(H,12,16)(H,14,15). The van der Waals surface area contributed by atoms with Crippen molar-refractivity contribution in [3.05, 3.63) is 24.3 Å². The van der Waals surface area contributed by atoms with Crippen molar-refractivity contribution in [3.8, 4) is 0 Å². The first kappa shape index (κ1) is 15.2. The first-order valence-corrected chi connectivity index (χ1v) is 7.95. The van der Waals surface area contributed by atoms with Crippen molar-refractivity contribution in [1.29, 1.82) is 0 Å². The van der Waals surface area contributed by atoms with E-state index in [0.29, 0.717) is 10.2 Å². The Balaban J connectivity index is 2.11. The fraction of sp³-hybridized carbons (Fsp3) is 0.182. The van der Waals surface area contributed by atoms with Crippen LogP contribution in [0.1, 0.15) is 0 Å². The molecule has 21 heavy (non-hydrogen) atoms. The number of rotatable bonds is 4. The van der Waals surface area contributed by atoms with Crippen LogP contribution in [0.3, 0.4) is 0 Å². The zero-order chi connectivity index (χ0) is 15.5. The normalized spacial score (nSPS) is 11.1. The Kier molecular flexibility index (Phi) is 4.38. The molecule has 2 rings (SSSR count). The second kappa shape index (κ2) is 6.06. The molecule has 1 aromatic heterocycles. The highest BCUT2D eigenvalue weighted by Crippen LogP contribution is 2.24. The Hall–Kier alpha value is -2.20. The number of carbonyl (C=O) groups excluding carboxylic acids is 2. The number of amides is 2. The molecule has 0 saturated heterocycles. The lowest BCUT2D eigenvalue weighted by molar-refractivity contribution is -0.118. The molecule has 2 N–H and O–H groups in total. The Bertz CT molecular complexity index is 751. The molecule has 1 aromatic carbocycles. The number of fused-ring (bicyclic) bond motifs is 1. The molecule has 0 spiro atoms. The maximum atomic E-state index is 12.0. The summed E-state index contributed by atoms with van der Waals surface area (Å²) in [5, 5.41) is 2.08. The Morgan fingerprint density at radius 2 is 2.05 bits per heavy atom. The van der Waals surface area contributed by atoms with Gasteiger partial charge < -0.3 is 10.1 Å². The number of carbonyl (C=O) groups is 2. The third kappa shape index (κ3) is 3.67. The minimum atomic E-state index is -4.06. The number of sulfonamides is 1. The lowest BCUT2D eigenvalue weighted by atomic mass is 10.3. The molecular weight excluding hydrogens is 318 g/mol. The van der Waals surface area contributed by atoms with E-state index >= 15 is 0 Å². The summed E-state index contributed by atoms with van der Waals surface area (Å²) in [7, 11) is -2.93. The van der Waals surface area contributed by atoms with E-state index in [2.05, 4.69) is 15.0 Å². The van der Waals surface area contributed by atoms with E-state index in [1.165, 1.54) is 0 Å². The highest BCUT2D eigenvalue weighted by atomic mass is 32.2. The number of alkyl carbamates (subject to hydrolysis) is 1. The molecule has 10 heteroatoms. The second-order valence-corrected chi connectivity index (χ2v) is 6.71. The van der Waals surface area contributed by atoms with Gasteiger partial charge in [-0.05, 0) is 12.1 Å². The van der Waals surface area contributed by atoms with Crippen LogP contribution in [0.5, 0.6) is 0 Å². The summed E-state index contributed by atoms with van der Waals surface area (Å²) in [6, 6.07) is 6.89. The van der Waals surface area contributed by atoms with Gasteiger partial charge in [0.05, 0.1) is 17.3 Å². The van der Waals surface area contributed by atoms with Crippen molar-refractivity contribution >= 4 is 43.6 Å². The van der Waals surface area contributed by atoms with Crippen molar-refractivity contribution in [2.24, 2.45) is 0 Å². The number of aromatic nitrogens is 1. The minimum Gasteiger partial charge on any atom is -0.453 e. The van der Waals surface area contributed by atoms with Gasteiger partial charge in [-0.2, -0.15) is 8.42 Å². The second-order valence-electron chi connectivity index (χ2n) is 3.82. The highest BCUT2D eigenvalue weighted by molar-refractivity contribution is 7.92. The summed E-state index contributed by atoms with van der Waals surface area (Å²) < 4.78 is 30.6. The van der Waals surface area contributed by atoms with Crippen LogP contribution in [0.4, 0.5) is 4.79 Å². The molecule has 0 aliphatic carbocycles. The largest absolute Gasteiger partial charge is 0.453 e.